The zero-order chi connectivity index (χ0) is 16.1. The van der Waals surface area contributed by atoms with Crippen molar-refractivity contribution >= 4 is 33.9 Å². The van der Waals surface area contributed by atoms with Crippen LogP contribution in [0.15, 0.2) is 52.9 Å². The molecule has 0 aliphatic carbocycles. The van der Waals surface area contributed by atoms with Gasteiger partial charge in [0.2, 0.25) is 5.13 Å². The smallest absolute Gasteiger partial charge is 0.210 e. The number of benzene rings is 2. The van der Waals surface area contributed by atoms with E-state index in [4.69, 9.17) is 0 Å². The van der Waals surface area contributed by atoms with Crippen molar-refractivity contribution in [3.63, 3.8) is 0 Å². The third kappa shape index (κ3) is 4.30. The number of rotatable bonds is 6. The maximum Gasteiger partial charge on any atom is 0.210 e. The largest absolute Gasteiger partial charge is 0.330 e. The maximum absolute atomic E-state index is 13.6. The number of thioether (sulfide) groups is 1. The Morgan fingerprint density at radius 1 is 1.09 bits per heavy atom. The molecule has 0 amide bonds. The molecule has 0 spiro atoms. The van der Waals surface area contributed by atoms with Gasteiger partial charge in [-0.2, -0.15) is 0 Å². The molecule has 0 fully saturated rings. The molecule has 2 aromatic carbocycles. The van der Waals surface area contributed by atoms with Crippen LogP contribution in [0.1, 0.15) is 18.1 Å². The van der Waals surface area contributed by atoms with Crippen molar-refractivity contribution in [3.05, 3.63) is 65.5 Å². The monoisotopic (exact) mass is 345 g/mol. The summed E-state index contributed by atoms with van der Waals surface area (Å²) in [5, 5.41) is 12.3. The Morgan fingerprint density at radius 2 is 1.87 bits per heavy atom. The number of nitrogens with zero attached hydrogens (tertiary/aromatic N) is 2. The highest BCUT2D eigenvalue weighted by molar-refractivity contribution is 8.00. The lowest BCUT2D eigenvalue weighted by molar-refractivity contribution is 0.617. The normalized spacial score (nSPS) is 10.7. The van der Waals surface area contributed by atoms with E-state index in [1.165, 1.54) is 34.7 Å². The first-order valence-electron chi connectivity index (χ1n) is 7.30. The van der Waals surface area contributed by atoms with Gasteiger partial charge in [0.1, 0.15) is 5.82 Å². The molecule has 1 heterocycles. The number of aromatic nitrogens is 2. The minimum Gasteiger partial charge on any atom is -0.330 e. The molecule has 6 heteroatoms. The lowest BCUT2D eigenvalue weighted by atomic mass is 10.1. The molecule has 0 bridgehead atoms. The van der Waals surface area contributed by atoms with E-state index < -0.39 is 0 Å². The van der Waals surface area contributed by atoms with Crippen molar-refractivity contribution in [1.29, 1.82) is 0 Å². The second kappa shape index (κ2) is 7.57. The summed E-state index contributed by atoms with van der Waals surface area (Å²) in [5.74, 6) is 0.367. The van der Waals surface area contributed by atoms with Crippen LogP contribution >= 0.6 is 23.1 Å². The molecule has 3 nitrogen and oxygen atoms in total. The van der Waals surface area contributed by atoms with E-state index in [9.17, 15) is 4.39 Å². The molecular weight excluding hydrogens is 329 g/mol. The number of hydrogen-bond donors (Lipinski definition) is 1. The highest BCUT2D eigenvalue weighted by Crippen LogP contribution is 2.30. The van der Waals surface area contributed by atoms with Crippen LogP contribution in [0, 0.1) is 5.82 Å². The van der Waals surface area contributed by atoms with Gasteiger partial charge in [0.15, 0.2) is 4.34 Å². The van der Waals surface area contributed by atoms with Crippen molar-refractivity contribution in [2.24, 2.45) is 0 Å². The number of hydrogen-bond acceptors (Lipinski definition) is 5. The van der Waals surface area contributed by atoms with Crippen LogP contribution in [0.25, 0.3) is 0 Å². The van der Waals surface area contributed by atoms with Crippen LogP contribution < -0.4 is 5.32 Å². The summed E-state index contributed by atoms with van der Waals surface area (Å²) in [6, 6.07) is 15.1. The molecule has 0 radical (unpaired) electrons. The van der Waals surface area contributed by atoms with Gasteiger partial charge in [0, 0.05) is 11.4 Å². The third-order valence-electron chi connectivity index (χ3n) is 3.33. The Bertz CT molecular complexity index is 772. The summed E-state index contributed by atoms with van der Waals surface area (Å²) in [6.45, 7) is 2.13. The number of halogens is 1. The lowest BCUT2D eigenvalue weighted by Gasteiger charge is -2.02. The molecular formula is C17H16FN3S2. The zero-order valence-corrected chi connectivity index (χ0v) is 14.3. The SMILES string of the molecule is CCc1ccc(Nc2nnc(SCc3ccccc3F)s2)cc1. The van der Waals surface area contributed by atoms with E-state index in [-0.39, 0.29) is 5.82 Å². The number of nitrogens with one attached hydrogen (secondary N) is 1. The van der Waals surface area contributed by atoms with Crippen LogP contribution in [0.4, 0.5) is 15.2 Å². The van der Waals surface area contributed by atoms with Crippen LogP contribution in [0.3, 0.4) is 0 Å². The van der Waals surface area contributed by atoms with Crippen LogP contribution in [-0.2, 0) is 12.2 Å². The minimum atomic E-state index is -0.182. The van der Waals surface area contributed by atoms with Gasteiger partial charge in [-0.15, -0.1) is 10.2 Å². The molecule has 1 N–H and O–H groups in total. The van der Waals surface area contributed by atoms with E-state index in [1.54, 1.807) is 12.1 Å². The Labute approximate surface area is 143 Å². The summed E-state index contributed by atoms with van der Waals surface area (Å²) >= 11 is 2.96. The predicted octanol–water partition coefficient (Wildman–Crippen LogP) is 5.28. The van der Waals surface area contributed by atoms with Gasteiger partial charge < -0.3 is 5.32 Å². The Hall–Kier alpha value is -1.92. The van der Waals surface area contributed by atoms with Gasteiger partial charge in [-0.1, -0.05) is 60.4 Å². The highest BCUT2D eigenvalue weighted by Gasteiger charge is 2.07. The quantitative estimate of drug-likeness (QED) is 0.617. The van der Waals surface area contributed by atoms with Crippen molar-refractivity contribution in [3.8, 4) is 0 Å². The number of aryl methyl sites for hydroxylation is 1. The summed E-state index contributed by atoms with van der Waals surface area (Å²) in [7, 11) is 0. The fraction of sp³-hybridized carbons (Fsp3) is 0.176. The molecule has 23 heavy (non-hydrogen) atoms. The lowest BCUT2D eigenvalue weighted by Crippen LogP contribution is -1.89. The van der Waals surface area contributed by atoms with E-state index in [1.807, 2.05) is 18.2 Å². The third-order valence-corrected chi connectivity index (χ3v) is 5.35. The Balaban J connectivity index is 1.60. The second-order valence-electron chi connectivity index (χ2n) is 4.93. The second-order valence-corrected chi connectivity index (χ2v) is 7.13. The highest BCUT2D eigenvalue weighted by atomic mass is 32.2. The first kappa shape index (κ1) is 16.0. The molecule has 118 valence electrons. The fourth-order valence-electron chi connectivity index (χ4n) is 2.02. The van der Waals surface area contributed by atoms with Gasteiger partial charge in [-0.3, -0.25) is 0 Å². The van der Waals surface area contributed by atoms with Crippen molar-refractivity contribution in [1.82, 2.24) is 10.2 Å². The number of anilines is 2. The summed E-state index contributed by atoms with van der Waals surface area (Å²) in [5.41, 5.74) is 2.97. The summed E-state index contributed by atoms with van der Waals surface area (Å²) < 4.78 is 14.4. The summed E-state index contributed by atoms with van der Waals surface area (Å²) in [4.78, 5) is 0. The maximum atomic E-state index is 13.6. The van der Waals surface area contributed by atoms with Gasteiger partial charge in [0.25, 0.3) is 0 Å². The Morgan fingerprint density at radius 3 is 2.61 bits per heavy atom. The topological polar surface area (TPSA) is 37.8 Å². The van der Waals surface area contributed by atoms with Crippen LogP contribution in [-0.4, -0.2) is 10.2 Å². The fourth-order valence-corrected chi connectivity index (χ4v) is 3.78. The molecule has 0 aliphatic rings. The predicted molar refractivity (Wildman–Crippen MR) is 95.0 cm³/mol. The summed E-state index contributed by atoms with van der Waals surface area (Å²) in [6.07, 6.45) is 1.02. The van der Waals surface area contributed by atoms with Crippen LogP contribution in [0.5, 0.6) is 0 Å². The van der Waals surface area contributed by atoms with Crippen LogP contribution in [0.2, 0.25) is 0 Å². The first-order chi connectivity index (χ1) is 11.2. The van der Waals surface area contributed by atoms with E-state index >= 15 is 0 Å². The molecule has 3 aromatic rings. The van der Waals surface area contributed by atoms with Crippen molar-refractivity contribution in [2.75, 3.05) is 5.32 Å². The van der Waals surface area contributed by atoms with Gasteiger partial charge in [-0.25, -0.2) is 4.39 Å². The van der Waals surface area contributed by atoms with Gasteiger partial charge >= 0.3 is 0 Å². The zero-order valence-electron chi connectivity index (χ0n) is 12.6. The minimum absolute atomic E-state index is 0.182. The standard InChI is InChI=1S/C17H16FN3S2/c1-2-12-7-9-14(10-8-12)19-16-20-21-17(23-16)22-11-13-5-3-4-6-15(13)18/h3-10H,2,11H2,1H3,(H,19,20). The molecule has 0 aliphatic heterocycles. The van der Waals surface area contributed by atoms with Crippen molar-refractivity contribution < 1.29 is 4.39 Å². The average Bonchev–Trinajstić information content (AvgIpc) is 3.02. The average molecular weight is 345 g/mol. The molecule has 0 atom stereocenters. The van der Waals surface area contributed by atoms with E-state index in [2.05, 4.69) is 34.6 Å². The molecule has 0 unspecified atom stereocenters. The molecule has 0 saturated carbocycles. The van der Waals surface area contributed by atoms with Gasteiger partial charge in [-0.05, 0) is 35.7 Å². The first-order valence-corrected chi connectivity index (χ1v) is 9.10. The van der Waals surface area contributed by atoms with E-state index in [0.717, 1.165) is 21.6 Å². The van der Waals surface area contributed by atoms with E-state index in [0.29, 0.717) is 11.3 Å². The molecule has 1 aromatic heterocycles. The molecule has 0 saturated heterocycles. The Kier molecular flexibility index (Phi) is 5.25. The van der Waals surface area contributed by atoms with Crippen molar-refractivity contribution in [2.45, 2.75) is 23.4 Å². The van der Waals surface area contributed by atoms with Gasteiger partial charge in [0.05, 0.1) is 0 Å². The molecule has 3 rings (SSSR count).